The molecule has 59 heavy (non-hydrogen) atoms. The Bertz CT molecular complexity index is 3910. The normalized spacial score (nSPS) is 13.8. The topological polar surface area (TPSA) is 48.8 Å². The van der Waals surface area contributed by atoms with Crippen LogP contribution in [0.15, 0.2) is 174 Å². The second-order valence-corrected chi connectivity index (χ2v) is 15.9. The molecule has 0 unspecified atom stereocenters. The molecule has 5 nitrogen and oxygen atoms in total. The molecule has 8 aromatic carbocycles. The fraction of sp³-hybridized carbons (Fsp3) is 0.0370. The number of furan rings is 1. The maximum atomic E-state index is 6.70. The Hall–Kier alpha value is -7.76. The van der Waals surface area contributed by atoms with Crippen LogP contribution in [0.4, 0.5) is 0 Å². The summed E-state index contributed by atoms with van der Waals surface area (Å²) in [5.74, 6) is 0.576. The Morgan fingerprint density at radius 2 is 1.17 bits per heavy atom. The first-order valence-electron chi connectivity index (χ1n) is 20.4. The molecule has 14 rings (SSSR count). The Balaban J connectivity index is 1.18. The van der Waals surface area contributed by atoms with Crippen LogP contribution in [0.3, 0.4) is 0 Å². The zero-order valence-corrected chi connectivity index (χ0v) is 31.8. The standard InChI is InChI=1S/C54H32N4O/c1-2-16-32-31(15-1)29-41(34-18-4-3-17-33(32)34)51-50-40-24-10-14-28-47(40)59-53(50)56-54(55-51)58-45-27-13-9-23-39(45)48-46(58)30-42-37-21-8-12-26-44(37)57-43-25-11-7-20-36(43)35-19-5-6-22-38(35)49(48)52(42)57/h1-10,12-24,26-30H,11,25H2. The summed E-state index contributed by atoms with van der Waals surface area (Å²) < 4.78 is 11.6. The number of rotatable bonds is 2. The quantitative estimate of drug-likeness (QED) is 0.165. The van der Waals surface area contributed by atoms with Gasteiger partial charge in [-0.05, 0) is 75.8 Å². The van der Waals surface area contributed by atoms with E-state index < -0.39 is 0 Å². The molecule has 12 aromatic rings. The lowest BCUT2D eigenvalue weighted by molar-refractivity contribution is 0.651. The van der Waals surface area contributed by atoms with Crippen LogP contribution in [0.25, 0.3) is 127 Å². The molecule has 0 amide bonds. The van der Waals surface area contributed by atoms with E-state index in [0.717, 1.165) is 67.6 Å². The van der Waals surface area contributed by atoms with Crippen LogP contribution in [0.1, 0.15) is 18.4 Å². The third kappa shape index (κ3) is 4.08. The first-order chi connectivity index (χ1) is 29.3. The van der Waals surface area contributed by atoms with Crippen LogP contribution in [0.2, 0.25) is 0 Å². The molecule has 5 heteroatoms. The monoisotopic (exact) mass is 752 g/mol. The van der Waals surface area contributed by atoms with Crippen molar-refractivity contribution >= 4 is 98.5 Å². The van der Waals surface area contributed by atoms with Gasteiger partial charge in [-0.2, -0.15) is 4.98 Å². The molecule has 1 aliphatic carbocycles. The number of nitrogens with zero attached hydrogens (tertiary/aromatic N) is 4. The van der Waals surface area contributed by atoms with Gasteiger partial charge in [-0.15, -0.1) is 0 Å². The highest BCUT2D eigenvalue weighted by atomic mass is 16.3. The van der Waals surface area contributed by atoms with Gasteiger partial charge in [-0.1, -0.05) is 140 Å². The number of fused-ring (bicyclic) bond motifs is 17. The molecule has 0 saturated carbocycles. The van der Waals surface area contributed by atoms with Crippen molar-refractivity contribution in [1.29, 1.82) is 0 Å². The molecule has 1 aliphatic heterocycles. The fourth-order valence-electron chi connectivity index (χ4n) is 10.6. The number of aromatic nitrogens is 4. The van der Waals surface area contributed by atoms with Crippen LogP contribution in [-0.4, -0.2) is 19.1 Å². The Morgan fingerprint density at radius 1 is 0.492 bits per heavy atom. The summed E-state index contributed by atoms with van der Waals surface area (Å²) in [6, 6.07) is 56.9. The lowest BCUT2D eigenvalue weighted by Crippen LogP contribution is -2.03. The highest BCUT2D eigenvalue weighted by Crippen LogP contribution is 2.52. The summed E-state index contributed by atoms with van der Waals surface area (Å²) >= 11 is 0. The number of hydrogen-bond acceptors (Lipinski definition) is 3. The van der Waals surface area contributed by atoms with Gasteiger partial charge in [-0.25, -0.2) is 4.98 Å². The average Bonchev–Trinajstić information content (AvgIpc) is 3.92. The van der Waals surface area contributed by atoms with E-state index in [1.54, 1.807) is 0 Å². The molecule has 5 heterocycles. The summed E-state index contributed by atoms with van der Waals surface area (Å²) in [5, 5.41) is 11.4. The maximum absolute atomic E-state index is 6.70. The van der Waals surface area contributed by atoms with Crippen LogP contribution in [0.5, 0.6) is 0 Å². The first-order valence-corrected chi connectivity index (χ1v) is 20.4. The molecule has 0 atom stereocenters. The summed E-state index contributed by atoms with van der Waals surface area (Å²) in [7, 11) is 0. The molecule has 0 radical (unpaired) electrons. The van der Waals surface area contributed by atoms with Gasteiger partial charge in [0, 0.05) is 49.3 Å². The molecule has 274 valence electrons. The van der Waals surface area contributed by atoms with Gasteiger partial charge in [0.05, 0.1) is 33.1 Å². The zero-order chi connectivity index (χ0) is 38.3. The van der Waals surface area contributed by atoms with Gasteiger partial charge in [0.15, 0.2) is 0 Å². The van der Waals surface area contributed by atoms with E-state index in [1.807, 2.05) is 12.1 Å². The van der Waals surface area contributed by atoms with Crippen LogP contribution in [0, 0.1) is 0 Å². The predicted molar refractivity (Wildman–Crippen MR) is 244 cm³/mol. The van der Waals surface area contributed by atoms with E-state index in [2.05, 4.69) is 167 Å². The van der Waals surface area contributed by atoms with Crippen molar-refractivity contribution in [3.63, 3.8) is 0 Å². The van der Waals surface area contributed by atoms with E-state index >= 15 is 0 Å². The van der Waals surface area contributed by atoms with Crippen molar-refractivity contribution in [3.8, 4) is 28.3 Å². The minimum atomic E-state index is 0.569. The van der Waals surface area contributed by atoms with E-state index in [9.17, 15) is 0 Å². The largest absolute Gasteiger partial charge is 0.437 e. The van der Waals surface area contributed by atoms with Crippen molar-refractivity contribution in [1.82, 2.24) is 19.1 Å². The number of hydrogen-bond donors (Lipinski definition) is 0. The minimum Gasteiger partial charge on any atom is -0.437 e. The number of allylic oxidation sites excluding steroid dienone is 4. The zero-order valence-electron chi connectivity index (χ0n) is 31.8. The van der Waals surface area contributed by atoms with Gasteiger partial charge in [0.1, 0.15) is 5.58 Å². The van der Waals surface area contributed by atoms with Crippen LogP contribution < -0.4 is 0 Å². The van der Waals surface area contributed by atoms with Crippen LogP contribution in [-0.2, 0) is 0 Å². The van der Waals surface area contributed by atoms with Gasteiger partial charge >= 0.3 is 0 Å². The van der Waals surface area contributed by atoms with E-state index in [4.69, 9.17) is 14.4 Å². The summed E-state index contributed by atoms with van der Waals surface area (Å²) in [6.45, 7) is 0. The smallest absolute Gasteiger partial charge is 0.238 e. The molecule has 2 aliphatic rings. The molecule has 0 bridgehead atoms. The van der Waals surface area contributed by atoms with Gasteiger partial charge in [-0.3, -0.25) is 4.57 Å². The van der Waals surface area contributed by atoms with Crippen molar-refractivity contribution < 1.29 is 4.42 Å². The SMILES string of the molecule is C1=CC2=C(CC1)n1c3ccccc3c3cc4c(c(c31)-c1ccccc12)c1ccccc1n4-c1nc(-c2cc3ccccc3c3ccccc23)c2c(n1)oc1ccccc12. The van der Waals surface area contributed by atoms with Crippen molar-refractivity contribution in [3.05, 3.63) is 175 Å². The third-order valence-electron chi connectivity index (χ3n) is 12.9. The lowest BCUT2D eigenvalue weighted by atomic mass is 9.89. The van der Waals surface area contributed by atoms with Crippen molar-refractivity contribution in [2.45, 2.75) is 12.8 Å². The minimum absolute atomic E-state index is 0.569. The second kappa shape index (κ2) is 11.4. The summed E-state index contributed by atoms with van der Waals surface area (Å²) in [6.07, 6.45) is 6.67. The Morgan fingerprint density at radius 3 is 2.03 bits per heavy atom. The van der Waals surface area contributed by atoms with E-state index in [1.165, 1.54) is 65.9 Å². The Labute approximate surface area is 337 Å². The number of benzene rings is 8. The average molecular weight is 753 g/mol. The highest BCUT2D eigenvalue weighted by molar-refractivity contribution is 6.29. The first kappa shape index (κ1) is 31.3. The summed E-state index contributed by atoms with van der Waals surface area (Å²) in [4.78, 5) is 11.1. The molecule has 0 spiro atoms. The van der Waals surface area contributed by atoms with E-state index in [0.29, 0.717) is 11.7 Å². The highest BCUT2D eigenvalue weighted by Gasteiger charge is 2.31. The third-order valence-corrected chi connectivity index (χ3v) is 12.9. The number of para-hydroxylation sites is 3. The molecule has 0 N–H and O–H groups in total. The Kier molecular flexibility index (Phi) is 6.07. The maximum Gasteiger partial charge on any atom is 0.238 e. The van der Waals surface area contributed by atoms with E-state index in [-0.39, 0.29) is 0 Å². The van der Waals surface area contributed by atoms with Gasteiger partial charge in [0.2, 0.25) is 11.7 Å². The van der Waals surface area contributed by atoms with Gasteiger partial charge in [0.25, 0.3) is 0 Å². The lowest BCUT2D eigenvalue weighted by Gasteiger charge is -2.18. The molecule has 0 fully saturated rings. The van der Waals surface area contributed by atoms with Crippen LogP contribution >= 0.6 is 0 Å². The summed E-state index contributed by atoms with van der Waals surface area (Å²) in [5.41, 5.74) is 14.3. The fourth-order valence-corrected chi connectivity index (χ4v) is 10.6. The second-order valence-electron chi connectivity index (χ2n) is 15.9. The molecular formula is C54H32N4O. The molecular weight excluding hydrogens is 721 g/mol. The van der Waals surface area contributed by atoms with Crippen molar-refractivity contribution in [2.75, 3.05) is 0 Å². The molecule has 4 aromatic heterocycles. The van der Waals surface area contributed by atoms with Gasteiger partial charge < -0.3 is 8.98 Å². The predicted octanol–water partition coefficient (Wildman–Crippen LogP) is 14.3. The van der Waals surface area contributed by atoms with Crippen molar-refractivity contribution in [2.24, 2.45) is 0 Å². The molecule has 0 saturated heterocycles.